The first-order valence-electron chi connectivity index (χ1n) is 8.45. The number of H-pyrrole nitrogens is 1. The highest BCUT2D eigenvalue weighted by Crippen LogP contribution is 2.32. The lowest BCUT2D eigenvalue weighted by Gasteiger charge is -2.02. The van der Waals surface area contributed by atoms with E-state index in [2.05, 4.69) is 34.3 Å². The Balaban J connectivity index is 1.75. The number of hydrogen-bond donors (Lipinski definition) is 4. The smallest absolute Gasteiger partial charge is 0.311 e. The first kappa shape index (κ1) is 20.1. The molecule has 1 amide bonds. The monoisotopic (exact) mass is 415 g/mol. The lowest BCUT2D eigenvalue weighted by molar-refractivity contribution is -0.385. The maximum Gasteiger partial charge on any atom is 0.311 e. The predicted molar refractivity (Wildman–Crippen MR) is 109 cm³/mol. The van der Waals surface area contributed by atoms with E-state index in [0.29, 0.717) is 16.3 Å². The number of phenols is 2. The SMILES string of the molecule is CC(C)Sc1nc2ccc(C(=O)N/N=C\c3cc([N+](=O)[O-])c(O)cc3O)cc2[nH]1. The Hall–Kier alpha value is -3.60. The normalized spacial score (nSPS) is 11.4. The van der Waals surface area contributed by atoms with Gasteiger partial charge in [0.2, 0.25) is 0 Å². The summed E-state index contributed by atoms with van der Waals surface area (Å²) < 4.78 is 0. The van der Waals surface area contributed by atoms with Gasteiger partial charge >= 0.3 is 5.69 Å². The third-order valence-corrected chi connectivity index (χ3v) is 4.65. The van der Waals surface area contributed by atoms with Crippen molar-refractivity contribution < 1.29 is 19.9 Å². The Labute approximate surface area is 168 Å². The number of aromatic hydroxyl groups is 2. The van der Waals surface area contributed by atoms with Gasteiger partial charge in [-0.05, 0) is 18.2 Å². The third-order valence-electron chi connectivity index (χ3n) is 3.76. The van der Waals surface area contributed by atoms with Crippen LogP contribution in [0.1, 0.15) is 29.8 Å². The minimum atomic E-state index is -0.795. The molecule has 0 radical (unpaired) electrons. The van der Waals surface area contributed by atoms with Crippen LogP contribution < -0.4 is 5.43 Å². The van der Waals surface area contributed by atoms with Gasteiger partial charge in [-0.1, -0.05) is 25.6 Å². The highest BCUT2D eigenvalue weighted by molar-refractivity contribution is 7.99. The van der Waals surface area contributed by atoms with Gasteiger partial charge in [0.1, 0.15) is 5.75 Å². The highest BCUT2D eigenvalue weighted by Gasteiger charge is 2.17. The first-order valence-corrected chi connectivity index (χ1v) is 9.32. The number of hydrazone groups is 1. The van der Waals surface area contributed by atoms with Crippen molar-refractivity contribution in [1.82, 2.24) is 15.4 Å². The number of hydrogen-bond acceptors (Lipinski definition) is 8. The van der Waals surface area contributed by atoms with E-state index in [1.807, 2.05) is 0 Å². The Morgan fingerprint density at radius 1 is 1.31 bits per heavy atom. The molecule has 0 aliphatic heterocycles. The topological polar surface area (TPSA) is 154 Å². The number of thioether (sulfide) groups is 1. The lowest BCUT2D eigenvalue weighted by atomic mass is 10.2. The quantitative estimate of drug-likeness (QED) is 0.209. The number of carbonyl (C=O) groups is 1. The fourth-order valence-corrected chi connectivity index (χ4v) is 3.23. The Morgan fingerprint density at radius 3 is 2.76 bits per heavy atom. The van der Waals surface area contributed by atoms with E-state index in [4.69, 9.17) is 0 Å². The summed E-state index contributed by atoms with van der Waals surface area (Å²) in [7, 11) is 0. The molecule has 0 atom stereocenters. The molecule has 2 aromatic carbocycles. The molecular weight excluding hydrogens is 398 g/mol. The molecule has 4 N–H and O–H groups in total. The fraction of sp³-hybridized carbons (Fsp3) is 0.167. The molecule has 29 heavy (non-hydrogen) atoms. The molecule has 0 aliphatic carbocycles. The van der Waals surface area contributed by atoms with Crippen molar-refractivity contribution in [2.24, 2.45) is 5.10 Å². The summed E-state index contributed by atoms with van der Waals surface area (Å²) in [5, 5.41) is 34.9. The molecule has 1 aromatic heterocycles. The minimum absolute atomic E-state index is 0.0332. The maximum atomic E-state index is 12.3. The number of aromatic amines is 1. The van der Waals surface area contributed by atoms with E-state index in [9.17, 15) is 25.1 Å². The zero-order valence-electron chi connectivity index (χ0n) is 15.4. The number of carbonyl (C=O) groups excluding carboxylic acids is 1. The number of nitrogens with one attached hydrogen (secondary N) is 2. The molecule has 0 spiro atoms. The lowest BCUT2D eigenvalue weighted by Crippen LogP contribution is -2.17. The maximum absolute atomic E-state index is 12.3. The van der Waals surface area contributed by atoms with Gasteiger partial charge in [-0.15, -0.1) is 0 Å². The van der Waals surface area contributed by atoms with Crippen LogP contribution in [-0.4, -0.2) is 42.5 Å². The molecule has 3 rings (SSSR count). The summed E-state index contributed by atoms with van der Waals surface area (Å²) in [6, 6.07) is 6.73. The number of rotatable bonds is 6. The number of amides is 1. The second kappa shape index (κ2) is 8.19. The molecule has 10 nitrogen and oxygen atoms in total. The summed E-state index contributed by atoms with van der Waals surface area (Å²) in [5.41, 5.74) is 3.44. The second-order valence-electron chi connectivity index (χ2n) is 6.30. The van der Waals surface area contributed by atoms with Gasteiger partial charge in [-0.3, -0.25) is 14.9 Å². The van der Waals surface area contributed by atoms with Crippen molar-refractivity contribution in [2.45, 2.75) is 24.3 Å². The van der Waals surface area contributed by atoms with Gasteiger partial charge in [0.05, 0.1) is 22.2 Å². The number of fused-ring (bicyclic) bond motifs is 1. The summed E-state index contributed by atoms with van der Waals surface area (Å²) in [6.07, 6.45) is 1.05. The molecule has 0 fully saturated rings. The molecule has 0 saturated heterocycles. The molecular formula is C18H17N5O5S. The molecule has 0 saturated carbocycles. The number of aromatic nitrogens is 2. The Kier molecular flexibility index (Phi) is 5.69. The zero-order valence-corrected chi connectivity index (χ0v) is 16.2. The molecule has 0 unspecified atom stereocenters. The number of nitro benzene ring substituents is 1. The third kappa shape index (κ3) is 4.63. The van der Waals surface area contributed by atoms with Crippen LogP contribution in [0.15, 0.2) is 40.6 Å². The largest absolute Gasteiger partial charge is 0.507 e. The van der Waals surface area contributed by atoms with Gasteiger partial charge in [0.25, 0.3) is 5.91 Å². The molecule has 0 bridgehead atoms. The number of nitro groups is 1. The number of imidazole rings is 1. The van der Waals surface area contributed by atoms with E-state index in [1.54, 1.807) is 30.0 Å². The fourth-order valence-electron chi connectivity index (χ4n) is 2.46. The zero-order chi connectivity index (χ0) is 21.1. The predicted octanol–water partition coefficient (Wildman–Crippen LogP) is 3.15. The van der Waals surface area contributed by atoms with Gasteiger partial charge in [0, 0.05) is 28.5 Å². The van der Waals surface area contributed by atoms with E-state index in [-0.39, 0.29) is 5.56 Å². The van der Waals surface area contributed by atoms with Crippen molar-refractivity contribution in [2.75, 3.05) is 0 Å². The number of benzene rings is 2. The number of nitrogens with zero attached hydrogens (tertiary/aromatic N) is 3. The van der Waals surface area contributed by atoms with Crippen LogP contribution in [0.3, 0.4) is 0 Å². The van der Waals surface area contributed by atoms with Crippen LogP contribution in [-0.2, 0) is 0 Å². The van der Waals surface area contributed by atoms with Crippen LogP contribution in [0.5, 0.6) is 11.5 Å². The summed E-state index contributed by atoms with van der Waals surface area (Å²) in [4.78, 5) is 30.0. The van der Waals surface area contributed by atoms with E-state index >= 15 is 0 Å². The Bertz CT molecular complexity index is 1130. The van der Waals surface area contributed by atoms with E-state index in [1.165, 1.54) is 0 Å². The first-order chi connectivity index (χ1) is 13.7. The van der Waals surface area contributed by atoms with Gasteiger partial charge in [-0.25, -0.2) is 10.4 Å². The minimum Gasteiger partial charge on any atom is -0.507 e. The van der Waals surface area contributed by atoms with Crippen molar-refractivity contribution in [3.05, 3.63) is 51.6 Å². The van der Waals surface area contributed by atoms with Gasteiger partial charge in [-0.2, -0.15) is 5.10 Å². The summed E-state index contributed by atoms with van der Waals surface area (Å²) in [6.45, 7) is 4.10. The van der Waals surface area contributed by atoms with E-state index < -0.39 is 28.0 Å². The standard InChI is InChI=1S/C18H17N5O5S/c1-9(2)29-18-20-12-4-3-10(5-13(12)21-18)17(26)22-19-8-11-6-14(23(27)28)16(25)7-15(11)24/h3-9,24-25H,1-2H3,(H,20,21)(H,22,26)/b19-8-. The van der Waals surface area contributed by atoms with E-state index in [0.717, 1.165) is 29.0 Å². The summed E-state index contributed by atoms with van der Waals surface area (Å²) >= 11 is 1.58. The van der Waals surface area contributed by atoms with Crippen LogP contribution in [0.2, 0.25) is 0 Å². The number of phenolic OH excluding ortho intramolecular Hbond substituents is 2. The van der Waals surface area contributed by atoms with Crippen LogP contribution in [0.25, 0.3) is 11.0 Å². The summed E-state index contributed by atoms with van der Waals surface area (Å²) in [5.74, 6) is -1.60. The van der Waals surface area contributed by atoms with Crippen LogP contribution in [0.4, 0.5) is 5.69 Å². The van der Waals surface area contributed by atoms with Crippen LogP contribution >= 0.6 is 11.8 Å². The molecule has 1 heterocycles. The van der Waals surface area contributed by atoms with Gasteiger partial charge < -0.3 is 15.2 Å². The van der Waals surface area contributed by atoms with Crippen molar-refractivity contribution in [3.63, 3.8) is 0 Å². The van der Waals surface area contributed by atoms with Gasteiger partial charge in [0.15, 0.2) is 10.9 Å². The van der Waals surface area contributed by atoms with Crippen molar-refractivity contribution in [1.29, 1.82) is 0 Å². The second-order valence-corrected chi connectivity index (χ2v) is 7.86. The van der Waals surface area contributed by atoms with Crippen molar-refractivity contribution >= 4 is 40.6 Å². The highest BCUT2D eigenvalue weighted by atomic mass is 32.2. The molecule has 150 valence electrons. The van der Waals surface area contributed by atoms with Crippen LogP contribution in [0, 0.1) is 10.1 Å². The van der Waals surface area contributed by atoms with Crippen molar-refractivity contribution in [3.8, 4) is 11.5 Å². The average Bonchev–Trinajstić information content (AvgIpc) is 3.03. The molecule has 0 aliphatic rings. The average molecular weight is 415 g/mol. The Morgan fingerprint density at radius 2 is 2.07 bits per heavy atom. The molecule has 11 heteroatoms. The molecule has 3 aromatic rings.